The SMILES string of the molecule is CCC/C(C)=C\CNC(=O)OC(C)(C)C. The maximum absolute atomic E-state index is 11.2. The molecule has 88 valence electrons. The third-order valence-corrected chi connectivity index (χ3v) is 1.74. The van der Waals surface area contributed by atoms with Gasteiger partial charge in [-0.25, -0.2) is 4.79 Å². The molecule has 0 aromatic rings. The fourth-order valence-corrected chi connectivity index (χ4v) is 1.12. The van der Waals surface area contributed by atoms with E-state index in [4.69, 9.17) is 4.74 Å². The van der Waals surface area contributed by atoms with Gasteiger partial charge in [0.25, 0.3) is 0 Å². The molecule has 1 N–H and O–H groups in total. The molecule has 0 aromatic heterocycles. The van der Waals surface area contributed by atoms with Gasteiger partial charge in [-0.05, 0) is 34.1 Å². The van der Waals surface area contributed by atoms with E-state index >= 15 is 0 Å². The van der Waals surface area contributed by atoms with E-state index in [2.05, 4.69) is 19.2 Å². The molecule has 1 amide bonds. The third-order valence-electron chi connectivity index (χ3n) is 1.74. The van der Waals surface area contributed by atoms with Crippen LogP contribution in [0.15, 0.2) is 11.6 Å². The van der Waals surface area contributed by atoms with Gasteiger partial charge < -0.3 is 10.1 Å². The highest BCUT2D eigenvalue weighted by atomic mass is 16.6. The van der Waals surface area contributed by atoms with Crippen LogP contribution >= 0.6 is 0 Å². The molecule has 0 heterocycles. The molecule has 0 rings (SSSR count). The van der Waals surface area contributed by atoms with Crippen molar-refractivity contribution >= 4 is 6.09 Å². The lowest BCUT2D eigenvalue weighted by molar-refractivity contribution is 0.0534. The minimum atomic E-state index is -0.424. The fourth-order valence-electron chi connectivity index (χ4n) is 1.12. The van der Waals surface area contributed by atoms with Crippen LogP contribution in [0.25, 0.3) is 0 Å². The molecule has 3 heteroatoms. The number of carbonyl (C=O) groups excluding carboxylic acids is 1. The Morgan fingerprint density at radius 2 is 2.00 bits per heavy atom. The summed E-state index contributed by atoms with van der Waals surface area (Å²) in [5.41, 5.74) is 0.875. The molecule has 0 unspecified atom stereocenters. The van der Waals surface area contributed by atoms with Crippen LogP contribution in [0.2, 0.25) is 0 Å². The Balaban J connectivity index is 3.77. The lowest BCUT2D eigenvalue weighted by Crippen LogP contribution is -2.32. The summed E-state index contributed by atoms with van der Waals surface area (Å²) >= 11 is 0. The normalized spacial score (nSPS) is 12.5. The third kappa shape index (κ3) is 9.32. The van der Waals surface area contributed by atoms with Gasteiger partial charge in [0.05, 0.1) is 0 Å². The molecule has 0 fully saturated rings. The fraction of sp³-hybridized carbons (Fsp3) is 0.750. The Morgan fingerprint density at radius 3 is 2.47 bits per heavy atom. The van der Waals surface area contributed by atoms with E-state index in [-0.39, 0.29) is 6.09 Å². The largest absolute Gasteiger partial charge is 0.444 e. The zero-order chi connectivity index (χ0) is 11.9. The van der Waals surface area contributed by atoms with Gasteiger partial charge in [0.1, 0.15) is 5.60 Å². The topological polar surface area (TPSA) is 38.3 Å². The predicted octanol–water partition coefficient (Wildman–Crippen LogP) is 3.26. The van der Waals surface area contributed by atoms with E-state index in [0.29, 0.717) is 6.54 Å². The molecule has 0 aliphatic heterocycles. The molecule has 15 heavy (non-hydrogen) atoms. The summed E-state index contributed by atoms with van der Waals surface area (Å²) in [5.74, 6) is 0. The summed E-state index contributed by atoms with van der Waals surface area (Å²) in [6.07, 6.45) is 3.88. The Hall–Kier alpha value is -0.990. The first-order chi connectivity index (χ1) is 6.85. The van der Waals surface area contributed by atoms with Gasteiger partial charge in [0.2, 0.25) is 0 Å². The summed E-state index contributed by atoms with van der Waals surface area (Å²) in [4.78, 5) is 11.2. The van der Waals surface area contributed by atoms with Crippen LogP contribution in [0.4, 0.5) is 4.79 Å². The maximum Gasteiger partial charge on any atom is 0.407 e. The molecular weight excluding hydrogens is 190 g/mol. The molecule has 3 nitrogen and oxygen atoms in total. The van der Waals surface area contributed by atoms with Crippen LogP contribution in [-0.2, 0) is 4.74 Å². The van der Waals surface area contributed by atoms with Crippen molar-refractivity contribution in [1.82, 2.24) is 5.32 Å². The number of rotatable bonds is 4. The quantitative estimate of drug-likeness (QED) is 0.728. The van der Waals surface area contributed by atoms with E-state index in [1.165, 1.54) is 5.57 Å². The molecule has 0 radical (unpaired) electrons. The van der Waals surface area contributed by atoms with Gasteiger partial charge in [-0.1, -0.05) is 25.0 Å². The number of carbonyl (C=O) groups is 1. The molecule has 0 atom stereocenters. The van der Waals surface area contributed by atoms with Gasteiger partial charge in [-0.2, -0.15) is 0 Å². The summed E-state index contributed by atoms with van der Waals surface area (Å²) in [5, 5.41) is 2.69. The Morgan fingerprint density at radius 1 is 1.40 bits per heavy atom. The van der Waals surface area contributed by atoms with Crippen LogP contribution in [0, 0.1) is 0 Å². The summed E-state index contributed by atoms with van der Waals surface area (Å²) in [6, 6.07) is 0. The molecule has 0 aliphatic rings. The smallest absolute Gasteiger partial charge is 0.407 e. The monoisotopic (exact) mass is 213 g/mol. The number of hydrogen-bond acceptors (Lipinski definition) is 2. The number of alkyl carbamates (subject to hydrolysis) is 1. The van der Waals surface area contributed by atoms with Crippen LogP contribution in [0.5, 0.6) is 0 Å². The van der Waals surface area contributed by atoms with Gasteiger partial charge in [-0.15, -0.1) is 0 Å². The lowest BCUT2D eigenvalue weighted by atomic mass is 10.2. The summed E-state index contributed by atoms with van der Waals surface area (Å²) in [7, 11) is 0. The van der Waals surface area contributed by atoms with E-state index in [9.17, 15) is 4.79 Å². The average Bonchev–Trinajstić information content (AvgIpc) is 2.00. The highest BCUT2D eigenvalue weighted by molar-refractivity contribution is 5.67. The second kappa shape index (κ2) is 6.49. The molecular formula is C12H23NO2. The number of nitrogens with one attached hydrogen (secondary N) is 1. The minimum Gasteiger partial charge on any atom is -0.444 e. The van der Waals surface area contributed by atoms with E-state index in [1.54, 1.807) is 0 Å². The number of allylic oxidation sites excluding steroid dienone is 1. The van der Waals surface area contributed by atoms with Crippen molar-refractivity contribution in [1.29, 1.82) is 0 Å². The predicted molar refractivity (Wildman–Crippen MR) is 62.9 cm³/mol. The van der Waals surface area contributed by atoms with Crippen LogP contribution in [0.1, 0.15) is 47.5 Å². The Labute approximate surface area is 92.9 Å². The first-order valence-corrected chi connectivity index (χ1v) is 5.47. The number of ether oxygens (including phenoxy) is 1. The summed E-state index contributed by atoms with van der Waals surface area (Å²) < 4.78 is 5.10. The standard InChI is InChI=1S/C12H23NO2/c1-6-7-10(2)8-9-13-11(14)15-12(3,4)5/h8H,6-7,9H2,1-5H3,(H,13,14)/b10-8-. The van der Waals surface area contributed by atoms with Crippen molar-refractivity contribution in [2.24, 2.45) is 0 Å². The zero-order valence-electron chi connectivity index (χ0n) is 10.5. The zero-order valence-corrected chi connectivity index (χ0v) is 10.5. The first-order valence-electron chi connectivity index (χ1n) is 5.47. The van der Waals surface area contributed by atoms with Crippen LogP contribution in [0.3, 0.4) is 0 Å². The van der Waals surface area contributed by atoms with Crippen LogP contribution < -0.4 is 5.32 Å². The number of hydrogen-bond donors (Lipinski definition) is 1. The van der Waals surface area contributed by atoms with Crippen molar-refractivity contribution in [2.75, 3.05) is 6.54 Å². The van der Waals surface area contributed by atoms with Crippen molar-refractivity contribution in [3.05, 3.63) is 11.6 Å². The van der Waals surface area contributed by atoms with E-state index in [0.717, 1.165) is 12.8 Å². The second-order valence-corrected chi connectivity index (χ2v) is 4.68. The van der Waals surface area contributed by atoms with Crippen molar-refractivity contribution < 1.29 is 9.53 Å². The maximum atomic E-state index is 11.2. The molecule has 0 aromatic carbocycles. The van der Waals surface area contributed by atoms with Crippen molar-refractivity contribution in [2.45, 2.75) is 53.1 Å². The first kappa shape index (κ1) is 14.0. The van der Waals surface area contributed by atoms with E-state index < -0.39 is 5.60 Å². The molecule has 0 saturated heterocycles. The minimum absolute atomic E-state index is 0.358. The summed E-state index contributed by atoms with van der Waals surface area (Å²) in [6.45, 7) is 10.3. The lowest BCUT2D eigenvalue weighted by Gasteiger charge is -2.19. The van der Waals surface area contributed by atoms with E-state index in [1.807, 2.05) is 26.8 Å². The van der Waals surface area contributed by atoms with Gasteiger partial charge in [0, 0.05) is 6.54 Å². The second-order valence-electron chi connectivity index (χ2n) is 4.68. The molecule has 0 aliphatic carbocycles. The Kier molecular flexibility index (Phi) is 6.06. The van der Waals surface area contributed by atoms with Crippen molar-refractivity contribution in [3.8, 4) is 0 Å². The number of amides is 1. The molecule has 0 saturated carbocycles. The molecule has 0 spiro atoms. The van der Waals surface area contributed by atoms with Gasteiger partial charge in [-0.3, -0.25) is 0 Å². The average molecular weight is 213 g/mol. The molecule has 0 bridgehead atoms. The van der Waals surface area contributed by atoms with Crippen molar-refractivity contribution in [3.63, 3.8) is 0 Å². The highest BCUT2D eigenvalue weighted by Crippen LogP contribution is 2.06. The van der Waals surface area contributed by atoms with Gasteiger partial charge >= 0.3 is 6.09 Å². The van der Waals surface area contributed by atoms with Crippen LogP contribution in [-0.4, -0.2) is 18.2 Å². The highest BCUT2D eigenvalue weighted by Gasteiger charge is 2.14. The van der Waals surface area contributed by atoms with Gasteiger partial charge in [0.15, 0.2) is 0 Å². The Bertz CT molecular complexity index is 226.